The average Bonchev–Trinajstić information content (AvgIpc) is 2.52. The number of ether oxygens (including phenoxy) is 2. The quantitative estimate of drug-likeness (QED) is 0.864. The number of benzene rings is 1. The highest BCUT2D eigenvalue weighted by Crippen LogP contribution is 2.22. The van der Waals surface area contributed by atoms with Crippen LogP contribution in [0.5, 0.6) is 5.75 Å². The third kappa shape index (κ3) is 6.41. The number of likely N-dealkylation sites (tertiary alicyclic amines) is 1. The zero-order valence-corrected chi connectivity index (χ0v) is 16.6. The molecule has 0 atom stereocenters. The number of amides is 2. The highest BCUT2D eigenvalue weighted by atomic mass is 35.5. The number of hydrogen-bond donors (Lipinski definition) is 1. The zero-order chi connectivity index (χ0) is 19.3. The van der Waals surface area contributed by atoms with Crippen molar-refractivity contribution in [3.05, 3.63) is 28.8 Å². The summed E-state index contributed by atoms with van der Waals surface area (Å²) in [5, 5.41) is 3.50. The molecule has 0 unspecified atom stereocenters. The smallest absolute Gasteiger partial charge is 0.407 e. The van der Waals surface area contributed by atoms with Gasteiger partial charge in [-0.2, -0.15) is 0 Å². The second-order valence-electron chi connectivity index (χ2n) is 7.50. The number of aryl methyl sites for hydroxylation is 1. The van der Waals surface area contributed by atoms with Crippen LogP contribution < -0.4 is 10.1 Å². The van der Waals surface area contributed by atoms with E-state index in [1.807, 2.05) is 27.7 Å². The van der Waals surface area contributed by atoms with Gasteiger partial charge in [0.25, 0.3) is 5.91 Å². The summed E-state index contributed by atoms with van der Waals surface area (Å²) in [6.45, 7) is 8.54. The number of alkyl carbamates (subject to hydrolysis) is 1. The van der Waals surface area contributed by atoms with E-state index in [0.717, 1.165) is 5.56 Å². The SMILES string of the molecule is Cc1cc(Cl)ccc1OCC(=O)N1CCC(NC(=O)OC(C)(C)C)CC1. The van der Waals surface area contributed by atoms with Crippen molar-refractivity contribution in [3.63, 3.8) is 0 Å². The molecule has 1 aromatic rings. The van der Waals surface area contributed by atoms with Gasteiger partial charge in [-0.3, -0.25) is 4.79 Å². The fraction of sp³-hybridized carbons (Fsp3) is 0.579. The number of halogens is 1. The minimum atomic E-state index is -0.516. The van der Waals surface area contributed by atoms with E-state index >= 15 is 0 Å². The summed E-state index contributed by atoms with van der Waals surface area (Å²) in [6, 6.07) is 5.33. The molecule has 0 aromatic heterocycles. The van der Waals surface area contributed by atoms with Gasteiger partial charge in [-0.1, -0.05) is 11.6 Å². The van der Waals surface area contributed by atoms with Crippen LogP contribution in [0.2, 0.25) is 5.02 Å². The second-order valence-corrected chi connectivity index (χ2v) is 7.94. The van der Waals surface area contributed by atoms with E-state index in [2.05, 4.69) is 5.32 Å². The van der Waals surface area contributed by atoms with Gasteiger partial charge in [0, 0.05) is 24.2 Å². The Morgan fingerprint density at radius 3 is 2.50 bits per heavy atom. The molecule has 26 heavy (non-hydrogen) atoms. The van der Waals surface area contributed by atoms with Gasteiger partial charge in [-0.15, -0.1) is 0 Å². The first-order chi connectivity index (χ1) is 12.1. The van der Waals surface area contributed by atoms with Crippen molar-refractivity contribution in [1.29, 1.82) is 0 Å². The van der Waals surface area contributed by atoms with E-state index in [9.17, 15) is 9.59 Å². The molecule has 1 aliphatic heterocycles. The molecule has 1 aliphatic rings. The van der Waals surface area contributed by atoms with Crippen LogP contribution in [0.4, 0.5) is 4.79 Å². The monoisotopic (exact) mass is 382 g/mol. The predicted molar refractivity (Wildman–Crippen MR) is 101 cm³/mol. The molecule has 0 radical (unpaired) electrons. The number of rotatable bonds is 4. The van der Waals surface area contributed by atoms with Crippen LogP contribution in [0.15, 0.2) is 18.2 Å². The lowest BCUT2D eigenvalue weighted by Gasteiger charge is -2.32. The van der Waals surface area contributed by atoms with Crippen molar-refractivity contribution in [1.82, 2.24) is 10.2 Å². The van der Waals surface area contributed by atoms with Crippen molar-refractivity contribution in [3.8, 4) is 5.75 Å². The number of piperidine rings is 1. The molecular formula is C19H27ClN2O4. The van der Waals surface area contributed by atoms with E-state index in [4.69, 9.17) is 21.1 Å². The van der Waals surface area contributed by atoms with Crippen molar-refractivity contribution in [2.75, 3.05) is 19.7 Å². The molecule has 0 saturated carbocycles. The maximum absolute atomic E-state index is 12.3. The van der Waals surface area contributed by atoms with Gasteiger partial charge in [0.05, 0.1) is 0 Å². The maximum atomic E-state index is 12.3. The topological polar surface area (TPSA) is 67.9 Å². The highest BCUT2D eigenvalue weighted by Gasteiger charge is 2.26. The molecule has 144 valence electrons. The first-order valence-electron chi connectivity index (χ1n) is 8.80. The normalized spacial score (nSPS) is 15.5. The van der Waals surface area contributed by atoms with Crippen LogP contribution in [0.1, 0.15) is 39.2 Å². The van der Waals surface area contributed by atoms with E-state index < -0.39 is 11.7 Å². The molecule has 7 heteroatoms. The average molecular weight is 383 g/mol. The molecule has 1 fully saturated rings. The largest absolute Gasteiger partial charge is 0.483 e. The zero-order valence-electron chi connectivity index (χ0n) is 15.8. The van der Waals surface area contributed by atoms with Gasteiger partial charge in [-0.05, 0) is 64.3 Å². The summed E-state index contributed by atoms with van der Waals surface area (Å²) in [5.41, 5.74) is 0.378. The minimum absolute atomic E-state index is 0.00731. The first kappa shape index (κ1) is 20.4. The number of nitrogens with zero attached hydrogens (tertiary/aromatic N) is 1. The summed E-state index contributed by atoms with van der Waals surface area (Å²) in [4.78, 5) is 25.9. The Bertz CT molecular complexity index is 649. The van der Waals surface area contributed by atoms with Crippen LogP contribution >= 0.6 is 11.6 Å². The Morgan fingerprint density at radius 1 is 1.27 bits per heavy atom. The van der Waals surface area contributed by atoms with Gasteiger partial charge in [0.15, 0.2) is 6.61 Å². The van der Waals surface area contributed by atoms with Crippen LogP contribution in [0.25, 0.3) is 0 Å². The Balaban J connectivity index is 1.75. The van der Waals surface area contributed by atoms with E-state index in [1.54, 1.807) is 23.1 Å². The van der Waals surface area contributed by atoms with Gasteiger partial charge in [-0.25, -0.2) is 4.79 Å². The molecule has 2 rings (SSSR count). The lowest BCUT2D eigenvalue weighted by atomic mass is 10.1. The molecular weight excluding hydrogens is 356 g/mol. The molecule has 1 aromatic carbocycles. The van der Waals surface area contributed by atoms with Crippen LogP contribution in [-0.4, -0.2) is 48.2 Å². The number of carbonyl (C=O) groups is 2. The lowest BCUT2D eigenvalue weighted by molar-refractivity contribution is -0.134. The van der Waals surface area contributed by atoms with Crippen molar-refractivity contribution >= 4 is 23.6 Å². The maximum Gasteiger partial charge on any atom is 0.407 e. The second kappa shape index (κ2) is 8.62. The summed E-state index contributed by atoms with van der Waals surface area (Å²) in [6.07, 6.45) is 0.986. The van der Waals surface area contributed by atoms with Crippen LogP contribution in [0.3, 0.4) is 0 Å². The van der Waals surface area contributed by atoms with E-state index in [-0.39, 0.29) is 18.6 Å². The summed E-state index contributed by atoms with van der Waals surface area (Å²) >= 11 is 5.92. The minimum Gasteiger partial charge on any atom is -0.483 e. The van der Waals surface area contributed by atoms with Gasteiger partial charge >= 0.3 is 6.09 Å². The molecule has 2 amide bonds. The van der Waals surface area contributed by atoms with Gasteiger partial charge in [0.1, 0.15) is 11.4 Å². The third-order valence-corrected chi connectivity index (χ3v) is 4.29. The van der Waals surface area contributed by atoms with Crippen molar-refractivity contribution in [2.45, 2.75) is 52.2 Å². The van der Waals surface area contributed by atoms with Gasteiger partial charge in [0.2, 0.25) is 0 Å². The first-order valence-corrected chi connectivity index (χ1v) is 9.18. The molecule has 0 bridgehead atoms. The molecule has 1 saturated heterocycles. The lowest BCUT2D eigenvalue weighted by Crippen LogP contribution is -2.48. The summed E-state index contributed by atoms with van der Waals surface area (Å²) in [7, 11) is 0. The fourth-order valence-corrected chi connectivity index (χ4v) is 2.98. The Kier molecular flexibility index (Phi) is 6.75. The fourth-order valence-electron chi connectivity index (χ4n) is 2.75. The van der Waals surface area contributed by atoms with Crippen LogP contribution in [-0.2, 0) is 9.53 Å². The predicted octanol–water partition coefficient (Wildman–Crippen LogP) is 3.54. The molecule has 6 nitrogen and oxygen atoms in total. The van der Waals surface area contributed by atoms with Crippen LogP contribution in [0, 0.1) is 6.92 Å². The molecule has 1 N–H and O–H groups in total. The third-order valence-electron chi connectivity index (χ3n) is 4.06. The standard InChI is InChI=1S/C19H27ClN2O4/c1-13-11-14(20)5-6-16(13)25-12-17(23)22-9-7-15(8-10-22)21-18(24)26-19(2,3)4/h5-6,11,15H,7-10,12H2,1-4H3,(H,21,24). The molecule has 1 heterocycles. The van der Waals surface area contributed by atoms with E-state index in [1.165, 1.54) is 0 Å². The summed E-state index contributed by atoms with van der Waals surface area (Å²) in [5.74, 6) is 0.597. The number of carbonyl (C=O) groups excluding carboxylic acids is 2. The van der Waals surface area contributed by atoms with Crippen molar-refractivity contribution < 1.29 is 19.1 Å². The molecule has 0 spiro atoms. The molecule has 0 aliphatic carbocycles. The Labute approximate surface area is 159 Å². The van der Waals surface area contributed by atoms with Crippen molar-refractivity contribution in [2.24, 2.45) is 0 Å². The Morgan fingerprint density at radius 2 is 1.92 bits per heavy atom. The van der Waals surface area contributed by atoms with Gasteiger partial charge < -0.3 is 19.7 Å². The Hall–Kier alpha value is -1.95. The summed E-state index contributed by atoms with van der Waals surface area (Å²) < 4.78 is 10.9. The number of nitrogens with one attached hydrogen (secondary N) is 1. The number of hydrogen-bond acceptors (Lipinski definition) is 4. The highest BCUT2D eigenvalue weighted by molar-refractivity contribution is 6.30. The van der Waals surface area contributed by atoms with E-state index in [0.29, 0.717) is 36.7 Å².